The first kappa shape index (κ1) is 23.9. The number of rotatable bonds is 6. The number of carbonyl (C=O) groups is 1. The molecule has 0 atom stereocenters. The molecule has 0 unspecified atom stereocenters. The fourth-order valence-corrected chi connectivity index (χ4v) is 4.20. The van der Waals surface area contributed by atoms with Crippen LogP contribution in [0.1, 0.15) is 11.1 Å². The molecule has 2 N–H and O–H groups in total. The lowest BCUT2D eigenvalue weighted by Gasteiger charge is -2.14. The maximum atomic E-state index is 12.7. The molecule has 0 radical (unpaired) electrons. The van der Waals surface area contributed by atoms with Crippen molar-refractivity contribution in [3.8, 4) is 23.0 Å². The number of carbonyl (C=O) groups excluding carboxylic acids is 1. The van der Waals surface area contributed by atoms with Gasteiger partial charge in [-0.1, -0.05) is 18.2 Å². The van der Waals surface area contributed by atoms with Gasteiger partial charge in [-0.2, -0.15) is 0 Å². The van der Waals surface area contributed by atoms with Crippen LogP contribution in [0.5, 0.6) is 23.0 Å². The van der Waals surface area contributed by atoms with Crippen molar-refractivity contribution in [2.45, 2.75) is 13.8 Å². The SMILES string of the molecule is COc1cc2nccc(Oc3ccc4c(NC(=O)Nc5ccc(C)c(C)c5)cccc4c3)c2cc1OC. The number of aryl methyl sites for hydroxylation is 2. The second kappa shape index (κ2) is 10.1. The topological polar surface area (TPSA) is 81.7 Å². The third-order valence-electron chi connectivity index (χ3n) is 6.30. The summed E-state index contributed by atoms with van der Waals surface area (Å²) in [5.74, 6) is 2.51. The predicted molar refractivity (Wildman–Crippen MR) is 147 cm³/mol. The van der Waals surface area contributed by atoms with Gasteiger partial charge in [0.1, 0.15) is 11.5 Å². The number of anilines is 2. The Morgan fingerprint density at radius 3 is 2.35 bits per heavy atom. The van der Waals surface area contributed by atoms with Gasteiger partial charge in [-0.3, -0.25) is 4.98 Å². The third kappa shape index (κ3) is 4.97. The van der Waals surface area contributed by atoms with E-state index in [-0.39, 0.29) is 6.03 Å². The summed E-state index contributed by atoms with van der Waals surface area (Å²) in [4.78, 5) is 17.1. The molecule has 5 rings (SSSR count). The van der Waals surface area contributed by atoms with E-state index >= 15 is 0 Å². The van der Waals surface area contributed by atoms with Crippen molar-refractivity contribution >= 4 is 39.1 Å². The number of urea groups is 1. The van der Waals surface area contributed by atoms with Crippen LogP contribution in [0, 0.1) is 13.8 Å². The Bertz CT molecular complexity index is 1630. The van der Waals surface area contributed by atoms with E-state index in [1.807, 2.05) is 86.6 Å². The van der Waals surface area contributed by atoms with Gasteiger partial charge in [-0.25, -0.2) is 4.79 Å². The number of aromatic nitrogens is 1. The van der Waals surface area contributed by atoms with Gasteiger partial charge in [0, 0.05) is 28.7 Å². The summed E-state index contributed by atoms with van der Waals surface area (Å²) in [7, 11) is 3.19. The quantitative estimate of drug-likeness (QED) is 0.257. The van der Waals surface area contributed by atoms with Crippen molar-refractivity contribution in [2.24, 2.45) is 0 Å². The van der Waals surface area contributed by atoms with E-state index in [0.29, 0.717) is 28.7 Å². The van der Waals surface area contributed by atoms with Crippen LogP contribution in [0.4, 0.5) is 16.2 Å². The average Bonchev–Trinajstić information content (AvgIpc) is 2.90. The lowest BCUT2D eigenvalue weighted by Crippen LogP contribution is -2.19. The molecular formula is C30H27N3O4. The first-order valence-electron chi connectivity index (χ1n) is 11.8. The zero-order valence-electron chi connectivity index (χ0n) is 21.1. The Balaban J connectivity index is 1.40. The van der Waals surface area contributed by atoms with Gasteiger partial charge >= 0.3 is 6.03 Å². The van der Waals surface area contributed by atoms with Crippen LogP contribution < -0.4 is 24.8 Å². The molecule has 7 nitrogen and oxygen atoms in total. The highest BCUT2D eigenvalue weighted by molar-refractivity contribution is 6.06. The minimum atomic E-state index is -0.302. The summed E-state index contributed by atoms with van der Waals surface area (Å²) in [5.41, 5.74) is 4.48. The minimum absolute atomic E-state index is 0.302. The standard InChI is InChI=1S/C30H27N3O4/c1-18-8-9-21(14-19(18)2)32-30(34)33-25-7-5-6-20-15-22(10-11-23(20)25)37-27-12-13-31-26-17-29(36-4)28(35-3)16-24(26)27/h5-17H,1-4H3,(H2,32,33,34). The summed E-state index contributed by atoms with van der Waals surface area (Å²) < 4.78 is 17.1. The van der Waals surface area contributed by atoms with Crippen LogP contribution in [0.2, 0.25) is 0 Å². The number of nitrogens with zero attached hydrogens (tertiary/aromatic N) is 1. The third-order valence-corrected chi connectivity index (χ3v) is 6.30. The molecule has 4 aromatic carbocycles. The molecule has 0 fully saturated rings. The van der Waals surface area contributed by atoms with Crippen molar-refractivity contribution in [2.75, 3.05) is 24.9 Å². The number of fused-ring (bicyclic) bond motifs is 2. The van der Waals surface area contributed by atoms with Crippen LogP contribution in [-0.2, 0) is 0 Å². The Hall–Kier alpha value is -4.78. The van der Waals surface area contributed by atoms with Gasteiger partial charge in [-0.05, 0) is 78.9 Å². The monoisotopic (exact) mass is 493 g/mol. The summed E-state index contributed by atoms with van der Waals surface area (Å²) in [6, 6.07) is 22.5. The fourth-order valence-electron chi connectivity index (χ4n) is 4.20. The lowest BCUT2D eigenvalue weighted by atomic mass is 10.1. The van der Waals surface area contributed by atoms with E-state index in [4.69, 9.17) is 14.2 Å². The highest BCUT2D eigenvalue weighted by atomic mass is 16.5. The van der Waals surface area contributed by atoms with E-state index in [1.54, 1.807) is 20.4 Å². The summed E-state index contributed by atoms with van der Waals surface area (Å²) in [6.07, 6.45) is 1.70. The molecule has 5 aromatic rings. The first-order chi connectivity index (χ1) is 17.9. The number of pyridine rings is 1. The zero-order valence-corrected chi connectivity index (χ0v) is 21.1. The average molecular weight is 494 g/mol. The molecule has 0 aliphatic carbocycles. The molecule has 2 amide bonds. The molecule has 7 heteroatoms. The second-order valence-corrected chi connectivity index (χ2v) is 8.70. The molecule has 0 saturated heterocycles. The van der Waals surface area contributed by atoms with E-state index in [0.717, 1.165) is 32.9 Å². The largest absolute Gasteiger partial charge is 0.493 e. The molecule has 0 spiro atoms. The highest BCUT2D eigenvalue weighted by Gasteiger charge is 2.12. The van der Waals surface area contributed by atoms with Crippen LogP contribution in [0.25, 0.3) is 21.7 Å². The maximum absolute atomic E-state index is 12.7. The fraction of sp³-hybridized carbons (Fsp3) is 0.133. The summed E-state index contributed by atoms with van der Waals surface area (Å²) >= 11 is 0. The number of hydrogen-bond donors (Lipinski definition) is 2. The number of benzene rings is 4. The van der Waals surface area contributed by atoms with Crippen LogP contribution in [0.15, 0.2) is 79.0 Å². The van der Waals surface area contributed by atoms with Crippen molar-refractivity contribution in [3.63, 3.8) is 0 Å². The number of amides is 2. The molecule has 186 valence electrons. The minimum Gasteiger partial charge on any atom is -0.493 e. The number of ether oxygens (including phenoxy) is 3. The molecule has 0 saturated carbocycles. The molecule has 0 bridgehead atoms. The van der Waals surface area contributed by atoms with Gasteiger partial charge in [-0.15, -0.1) is 0 Å². The van der Waals surface area contributed by atoms with E-state index < -0.39 is 0 Å². The Kier molecular flexibility index (Phi) is 6.51. The first-order valence-corrected chi connectivity index (χ1v) is 11.8. The Morgan fingerprint density at radius 2 is 1.57 bits per heavy atom. The Labute approximate surface area is 215 Å². The number of nitrogens with one attached hydrogen (secondary N) is 2. The van der Waals surface area contributed by atoms with Crippen LogP contribution in [-0.4, -0.2) is 25.2 Å². The molecule has 0 aliphatic rings. The summed E-state index contributed by atoms with van der Waals surface area (Å²) in [6.45, 7) is 4.06. The van der Waals surface area contributed by atoms with Crippen molar-refractivity contribution in [1.82, 2.24) is 4.98 Å². The van der Waals surface area contributed by atoms with Crippen molar-refractivity contribution < 1.29 is 19.0 Å². The van der Waals surface area contributed by atoms with E-state index in [2.05, 4.69) is 15.6 Å². The molecular weight excluding hydrogens is 466 g/mol. The van der Waals surface area contributed by atoms with Crippen molar-refractivity contribution in [3.05, 3.63) is 90.1 Å². The zero-order chi connectivity index (χ0) is 25.9. The smallest absolute Gasteiger partial charge is 0.323 e. The highest BCUT2D eigenvalue weighted by Crippen LogP contribution is 2.37. The summed E-state index contributed by atoms with van der Waals surface area (Å²) in [5, 5.41) is 8.49. The van der Waals surface area contributed by atoms with Crippen LogP contribution in [0.3, 0.4) is 0 Å². The van der Waals surface area contributed by atoms with E-state index in [1.165, 1.54) is 5.56 Å². The molecule has 1 aromatic heterocycles. The van der Waals surface area contributed by atoms with Gasteiger partial charge in [0.15, 0.2) is 11.5 Å². The second-order valence-electron chi connectivity index (χ2n) is 8.70. The van der Waals surface area contributed by atoms with E-state index in [9.17, 15) is 4.79 Å². The molecule has 1 heterocycles. The van der Waals surface area contributed by atoms with Crippen LogP contribution >= 0.6 is 0 Å². The maximum Gasteiger partial charge on any atom is 0.323 e. The number of hydrogen-bond acceptors (Lipinski definition) is 5. The number of methoxy groups -OCH3 is 2. The van der Waals surface area contributed by atoms with Gasteiger partial charge in [0.25, 0.3) is 0 Å². The predicted octanol–water partition coefficient (Wildman–Crippen LogP) is 7.46. The molecule has 37 heavy (non-hydrogen) atoms. The van der Waals surface area contributed by atoms with Gasteiger partial charge < -0.3 is 24.8 Å². The molecule has 0 aliphatic heterocycles. The van der Waals surface area contributed by atoms with Gasteiger partial charge in [0.05, 0.1) is 25.4 Å². The normalized spacial score (nSPS) is 10.8. The van der Waals surface area contributed by atoms with Crippen molar-refractivity contribution in [1.29, 1.82) is 0 Å². The lowest BCUT2D eigenvalue weighted by molar-refractivity contribution is 0.262. The van der Waals surface area contributed by atoms with Gasteiger partial charge in [0.2, 0.25) is 0 Å². The Morgan fingerprint density at radius 1 is 0.757 bits per heavy atom.